The van der Waals surface area contributed by atoms with Crippen molar-refractivity contribution in [3.8, 4) is 5.75 Å². The van der Waals surface area contributed by atoms with Crippen LogP contribution in [-0.4, -0.2) is 10.1 Å². The van der Waals surface area contributed by atoms with Crippen molar-refractivity contribution in [3.63, 3.8) is 0 Å². The number of hydrogen-bond acceptors (Lipinski definition) is 5. The highest BCUT2D eigenvalue weighted by Gasteiger charge is 2.04. The summed E-state index contributed by atoms with van der Waals surface area (Å²) in [6.07, 6.45) is 3.10. The number of phenols is 1. The molecule has 5 heteroatoms. The summed E-state index contributed by atoms with van der Waals surface area (Å²) in [5.74, 6) is 0.820. The molecule has 1 aromatic carbocycles. The maximum absolute atomic E-state index is 9.54. The molecule has 0 saturated carbocycles. The van der Waals surface area contributed by atoms with Gasteiger partial charge in [-0.1, -0.05) is 11.8 Å². The zero-order valence-electron chi connectivity index (χ0n) is 7.88. The van der Waals surface area contributed by atoms with Gasteiger partial charge in [-0.05, 0) is 18.2 Å². The van der Waals surface area contributed by atoms with Crippen molar-refractivity contribution in [2.75, 3.05) is 5.73 Å². The first kappa shape index (κ1) is 9.92. The second kappa shape index (κ2) is 4.27. The fourth-order valence-corrected chi connectivity index (χ4v) is 1.91. The Kier molecular flexibility index (Phi) is 2.82. The quantitative estimate of drug-likeness (QED) is 0.473. The Labute approximate surface area is 91.1 Å². The summed E-state index contributed by atoms with van der Waals surface area (Å²) in [6, 6.07) is 4.99. The first-order valence-corrected chi connectivity index (χ1v) is 5.34. The van der Waals surface area contributed by atoms with Crippen LogP contribution in [0.25, 0.3) is 0 Å². The van der Waals surface area contributed by atoms with E-state index in [4.69, 9.17) is 10.2 Å². The standard InChI is InChI=1S/C10H10N2O2S/c11-8-1-2-9(13)7(5-8)6-15-10-12-3-4-14-10/h1-5,13H,6,11H2. The number of anilines is 1. The van der Waals surface area contributed by atoms with Crippen molar-refractivity contribution in [2.24, 2.45) is 0 Å². The van der Waals surface area contributed by atoms with Gasteiger partial charge in [-0.3, -0.25) is 0 Å². The number of nitrogen functional groups attached to an aromatic ring is 1. The van der Waals surface area contributed by atoms with Crippen LogP contribution in [0.4, 0.5) is 5.69 Å². The number of hydrogen-bond donors (Lipinski definition) is 2. The number of phenolic OH excluding ortho intramolecular Hbond substituents is 1. The molecule has 1 heterocycles. The van der Waals surface area contributed by atoms with Crippen LogP contribution in [-0.2, 0) is 5.75 Å². The largest absolute Gasteiger partial charge is 0.508 e. The van der Waals surface area contributed by atoms with Crippen molar-refractivity contribution >= 4 is 17.4 Å². The predicted molar refractivity (Wildman–Crippen MR) is 58.6 cm³/mol. The molecule has 78 valence electrons. The van der Waals surface area contributed by atoms with Crippen LogP contribution in [0.1, 0.15) is 5.56 Å². The molecule has 0 aliphatic rings. The van der Waals surface area contributed by atoms with Gasteiger partial charge in [0.1, 0.15) is 12.0 Å². The lowest BCUT2D eigenvalue weighted by molar-refractivity contribution is 0.453. The Balaban J connectivity index is 2.07. The van der Waals surface area contributed by atoms with Crippen LogP contribution in [0.2, 0.25) is 0 Å². The van der Waals surface area contributed by atoms with Crippen LogP contribution in [0.3, 0.4) is 0 Å². The molecule has 3 N–H and O–H groups in total. The van der Waals surface area contributed by atoms with Gasteiger partial charge in [-0.2, -0.15) is 0 Å². The Hall–Kier alpha value is -1.62. The normalized spacial score (nSPS) is 10.4. The molecule has 2 aromatic rings. The number of nitrogens with zero attached hydrogens (tertiary/aromatic N) is 1. The van der Waals surface area contributed by atoms with Gasteiger partial charge in [0, 0.05) is 17.0 Å². The van der Waals surface area contributed by atoms with E-state index >= 15 is 0 Å². The second-order valence-electron chi connectivity index (χ2n) is 2.97. The number of nitrogens with two attached hydrogens (primary N) is 1. The number of oxazole rings is 1. The van der Waals surface area contributed by atoms with E-state index in [-0.39, 0.29) is 5.75 Å². The average Bonchev–Trinajstić information content (AvgIpc) is 2.72. The lowest BCUT2D eigenvalue weighted by Crippen LogP contribution is -1.88. The van der Waals surface area contributed by atoms with E-state index < -0.39 is 0 Å². The monoisotopic (exact) mass is 222 g/mol. The number of thioether (sulfide) groups is 1. The smallest absolute Gasteiger partial charge is 0.255 e. The molecule has 1 aromatic heterocycles. The summed E-state index contributed by atoms with van der Waals surface area (Å²) < 4.78 is 5.06. The van der Waals surface area contributed by atoms with E-state index in [1.807, 2.05) is 0 Å². The Morgan fingerprint density at radius 3 is 3.07 bits per heavy atom. The van der Waals surface area contributed by atoms with E-state index in [1.165, 1.54) is 18.0 Å². The third kappa shape index (κ3) is 2.44. The van der Waals surface area contributed by atoms with Crippen molar-refractivity contribution in [2.45, 2.75) is 11.0 Å². The van der Waals surface area contributed by atoms with Crippen LogP contribution in [0, 0.1) is 0 Å². The van der Waals surface area contributed by atoms with Gasteiger partial charge in [0.15, 0.2) is 0 Å². The summed E-state index contributed by atoms with van der Waals surface area (Å²) in [5.41, 5.74) is 7.03. The van der Waals surface area contributed by atoms with Gasteiger partial charge in [-0.25, -0.2) is 4.98 Å². The van der Waals surface area contributed by atoms with Crippen LogP contribution < -0.4 is 5.73 Å². The molecule has 15 heavy (non-hydrogen) atoms. The molecule has 0 unspecified atom stereocenters. The number of rotatable bonds is 3. The summed E-state index contributed by atoms with van der Waals surface area (Å²) >= 11 is 1.41. The fraction of sp³-hybridized carbons (Fsp3) is 0.100. The van der Waals surface area contributed by atoms with E-state index in [0.29, 0.717) is 16.7 Å². The summed E-state index contributed by atoms with van der Waals surface area (Å²) in [5, 5.41) is 10.1. The SMILES string of the molecule is Nc1ccc(O)c(CSc2ncco2)c1. The van der Waals surface area contributed by atoms with Gasteiger partial charge in [0.05, 0.1) is 6.20 Å². The van der Waals surface area contributed by atoms with Crippen LogP contribution in [0.5, 0.6) is 5.75 Å². The molecule has 0 fully saturated rings. The molecule has 0 spiro atoms. The third-order valence-corrected chi connectivity index (χ3v) is 2.77. The highest BCUT2D eigenvalue weighted by Crippen LogP contribution is 2.27. The van der Waals surface area contributed by atoms with Gasteiger partial charge in [0.25, 0.3) is 5.22 Å². The predicted octanol–water partition coefficient (Wildman–Crippen LogP) is 2.25. The summed E-state index contributed by atoms with van der Waals surface area (Å²) in [6.45, 7) is 0. The zero-order chi connectivity index (χ0) is 10.7. The highest BCUT2D eigenvalue weighted by molar-refractivity contribution is 7.98. The Bertz CT molecular complexity index is 443. The Morgan fingerprint density at radius 2 is 2.33 bits per heavy atom. The van der Waals surface area contributed by atoms with Crippen LogP contribution in [0.15, 0.2) is 40.3 Å². The lowest BCUT2D eigenvalue weighted by Gasteiger charge is -2.03. The molecule has 0 atom stereocenters. The van der Waals surface area contributed by atoms with E-state index in [0.717, 1.165) is 5.56 Å². The van der Waals surface area contributed by atoms with Gasteiger partial charge in [-0.15, -0.1) is 0 Å². The van der Waals surface area contributed by atoms with E-state index in [1.54, 1.807) is 24.4 Å². The minimum Gasteiger partial charge on any atom is -0.508 e. The molecule has 4 nitrogen and oxygen atoms in total. The third-order valence-electron chi connectivity index (χ3n) is 1.86. The molecule has 0 bridgehead atoms. The fourth-order valence-electron chi connectivity index (χ4n) is 1.14. The molecular weight excluding hydrogens is 212 g/mol. The molecule has 0 amide bonds. The van der Waals surface area contributed by atoms with E-state index in [9.17, 15) is 5.11 Å². The number of aromatic nitrogens is 1. The Morgan fingerprint density at radius 1 is 1.47 bits per heavy atom. The number of benzene rings is 1. The second-order valence-corrected chi connectivity index (χ2v) is 3.90. The van der Waals surface area contributed by atoms with Gasteiger partial charge < -0.3 is 15.3 Å². The van der Waals surface area contributed by atoms with Gasteiger partial charge in [0.2, 0.25) is 0 Å². The summed E-state index contributed by atoms with van der Waals surface area (Å²) in [7, 11) is 0. The first-order chi connectivity index (χ1) is 7.25. The molecule has 2 rings (SSSR count). The zero-order valence-corrected chi connectivity index (χ0v) is 8.70. The summed E-state index contributed by atoms with van der Waals surface area (Å²) in [4.78, 5) is 3.97. The maximum atomic E-state index is 9.54. The molecule has 0 aliphatic heterocycles. The first-order valence-electron chi connectivity index (χ1n) is 4.35. The van der Waals surface area contributed by atoms with Crippen molar-refractivity contribution < 1.29 is 9.52 Å². The van der Waals surface area contributed by atoms with Crippen molar-refractivity contribution in [1.29, 1.82) is 0 Å². The topological polar surface area (TPSA) is 72.3 Å². The maximum Gasteiger partial charge on any atom is 0.255 e. The lowest BCUT2D eigenvalue weighted by atomic mass is 10.2. The van der Waals surface area contributed by atoms with Crippen molar-refractivity contribution in [1.82, 2.24) is 4.98 Å². The molecule has 0 saturated heterocycles. The molecule has 0 radical (unpaired) electrons. The average molecular weight is 222 g/mol. The molecule has 0 aliphatic carbocycles. The van der Waals surface area contributed by atoms with Crippen LogP contribution >= 0.6 is 11.8 Å². The number of aromatic hydroxyl groups is 1. The molecular formula is C10H10N2O2S. The highest BCUT2D eigenvalue weighted by atomic mass is 32.2. The minimum atomic E-state index is 0.239. The minimum absolute atomic E-state index is 0.239. The van der Waals surface area contributed by atoms with Crippen molar-refractivity contribution in [3.05, 3.63) is 36.2 Å². The van der Waals surface area contributed by atoms with E-state index in [2.05, 4.69) is 4.98 Å². The van der Waals surface area contributed by atoms with Gasteiger partial charge >= 0.3 is 0 Å².